The Morgan fingerprint density at radius 2 is 2.00 bits per heavy atom. The lowest BCUT2D eigenvalue weighted by molar-refractivity contribution is -0.384. The van der Waals surface area contributed by atoms with Crippen LogP contribution in [-0.2, 0) is 13.2 Å². The Hall–Kier alpha value is -3.89. The number of furan rings is 1. The molecule has 0 saturated heterocycles. The minimum atomic E-state index is -0.561. The zero-order valence-corrected chi connectivity index (χ0v) is 18.7. The summed E-state index contributed by atoms with van der Waals surface area (Å²) in [6.45, 7) is 0.196. The van der Waals surface area contributed by atoms with Crippen LogP contribution in [-0.4, -0.2) is 20.6 Å². The van der Waals surface area contributed by atoms with E-state index in [1.54, 1.807) is 23.0 Å². The molecule has 0 fully saturated rings. The Labute approximate surface area is 201 Å². The standard InChI is InChI=1S/C22H15Cl2FN4O5/c23-18-5-3-16(29(31)32)8-21(18)33-12-17-4-6-20(34-17)22(30)27-15-9-26-28(11-15)10-13-1-2-14(25)7-19(13)24/h1-9,11H,10,12H2,(H,27,30). The van der Waals surface area contributed by atoms with Crippen LogP contribution in [0.1, 0.15) is 21.9 Å². The van der Waals surface area contributed by atoms with Crippen molar-refractivity contribution in [3.63, 3.8) is 0 Å². The molecule has 1 amide bonds. The van der Waals surface area contributed by atoms with E-state index in [0.717, 1.165) is 0 Å². The van der Waals surface area contributed by atoms with Gasteiger partial charge in [-0.05, 0) is 35.9 Å². The lowest BCUT2D eigenvalue weighted by Gasteiger charge is -2.06. The number of halogens is 3. The fraction of sp³-hybridized carbons (Fsp3) is 0.0909. The van der Waals surface area contributed by atoms with E-state index in [-0.39, 0.29) is 40.4 Å². The number of nitrogens with zero attached hydrogens (tertiary/aromatic N) is 3. The molecule has 0 unspecified atom stereocenters. The van der Waals surface area contributed by atoms with E-state index in [4.69, 9.17) is 32.4 Å². The Bertz CT molecular complexity index is 1370. The third-order valence-corrected chi connectivity index (χ3v) is 5.28. The predicted molar refractivity (Wildman–Crippen MR) is 122 cm³/mol. The van der Waals surface area contributed by atoms with E-state index in [9.17, 15) is 19.3 Å². The van der Waals surface area contributed by atoms with Crippen LogP contribution in [0.3, 0.4) is 0 Å². The second-order valence-electron chi connectivity index (χ2n) is 7.04. The van der Waals surface area contributed by atoms with Gasteiger partial charge in [-0.25, -0.2) is 4.39 Å². The van der Waals surface area contributed by atoms with E-state index < -0.39 is 16.6 Å². The Balaban J connectivity index is 1.36. The van der Waals surface area contributed by atoms with Crippen LogP contribution in [0.15, 0.2) is 65.3 Å². The lowest BCUT2D eigenvalue weighted by Crippen LogP contribution is -2.10. The van der Waals surface area contributed by atoms with Gasteiger partial charge in [0.15, 0.2) is 5.76 Å². The number of anilines is 1. The molecule has 1 N–H and O–H groups in total. The summed E-state index contributed by atoms with van der Waals surface area (Å²) >= 11 is 12.0. The van der Waals surface area contributed by atoms with Crippen molar-refractivity contribution < 1.29 is 23.3 Å². The molecule has 2 aromatic carbocycles. The molecule has 0 aliphatic heterocycles. The smallest absolute Gasteiger partial charge is 0.291 e. The molecule has 0 saturated carbocycles. The first-order valence-corrected chi connectivity index (χ1v) is 10.5. The second kappa shape index (κ2) is 9.94. The molecule has 0 spiro atoms. The quantitative estimate of drug-likeness (QED) is 0.243. The zero-order chi connectivity index (χ0) is 24.2. The topological polar surface area (TPSA) is 112 Å². The zero-order valence-electron chi connectivity index (χ0n) is 17.2. The Kier molecular flexibility index (Phi) is 6.80. The van der Waals surface area contributed by atoms with Gasteiger partial charge in [0.05, 0.1) is 34.4 Å². The monoisotopic (exact) mass is 504 g/mol. The fourth-order valence-electron chi connectivity index (χ4n) is 2.97. The maximum absolute atomic E-state index is 13.2. The molecule has 0 aliphatic carbocycles. The maximum Gasteiger partial charge on any atom is 0.291 e. The van der Waals surface area contributed by atoms with Crippen LogP contribution in [0.2, 0.25) is 10.0 Å². The number of nitro groups is 1. The van der Waals surface area contributed by atoms with Gasteiger partial charge in [-0.1, -0.05) is 29.3 Å². The first-order valence-electron chi connectivity index (χ1n) is 9.71. The molecule has 2 heterocycles. The third kappa shape index (κ3) is 5.53. The number of ether oxygens (including phenoxy) is 1. The highest BCUT2D eigenvalue weighted by Gasteiger charge is 2.15. The summed E-state index contributed by atoms with van der Waals surface area (Å²) in [5.41, 5.74) is 0.922. The number of nitro benzene ring substituents is 1. The van der Waals surface area contributed by atoms with E-state index in [1.165, 1.54) is 42.6 Å². The largest absolute Gasteiger partial charge is 0.484 e. The Morgan fingerprint density at radius 1 is 1.18 bits per heavy atom. The van der Waals surface area contributed by atoms with Crippen LogP contribution in [0.4, 0.5) is 15.8 Å². The first-order chi connectivity index (χ1) is 16.3. The Morgan fingerprint density at radius 3 is 2.76 bits per heavy atom. The van der Waals surface area contributed by atoms with E-state index >= 15 is 0 Å². The molecular formula is C22H15Cl2FN4O5. The van der Waals surface area contributed by atoms with Crippen molar-refractivity contribution in [1.82, 2.24) is 9.78 Å². The van der Waals surface area contributed by atoms with E-state index in [2.05, 4.69) is 10.4 Å². The highest BCUT2D eigenvalue weighted by atomic mass is 35.5. The van der Waals surface area contributed by atoms with Crippen LogP contribution < -0.4 is 10.1 Å². The van der Waals surface area contributed by atoms with Crippen molar-refractivity contribution in [3.05, 3.63) is 104 Å². The van der Waals surface area contributed by atoms with Gasteiger partial charge in [0.1, 0.15) is 23.9 Å². The number of carbonyl (C=O) groups is 1. The minimum absolute atomic E-state index is 0.0260. The second-order valence-corrected chi connectivity index (χ2v) is 7.86. The molecule has 4 aromatic rings. The van der Waals surface area contributed by atoms with Crippen LogP contribution in [0.25, 0.3) is 0 Å². The van der Waals surface area contributed by atoms with Crippen molar-refractivity contribution >= 4 is 40.5 Å². The highest BCUT2D eigenvalue weighted by molar-refractivity contribution is 6.32. The molecule has 174 valence electrons. The highest BCUT2D eigenvalue weighted by Crippen LogP contribution is 2.29. The number of benzene rings is 2. The number of hydrogen-bond donors (Lipinski definition) is 1. The number of hydrogen-bond acceptors (Lipinski definition) is 6. The van der Waals surface area contributed by atoms with Gasteiger partial charge in [-0.15, -0.1) is 0 Å². The molecule has 12 heteroatoms. The number of non-ortho nitro benzene ring substituents is 1. The summed E-state index contributed by atoms with van der Waals surface area (Å²) < 4.78 is 25.7. The molecular weight excluding hydrogens is 490 g/mol. The third-order valence-electron chi connectivity index (χ3n) is 4.62. The summed E-state index contributed by atoms with van der Waals surface area (Å²) in [5.74, 6) is -0.489. The summed E-state index contributed by atoms with van der Waals surface area (Å²) in [4.78, 5) is 22.8. The molecule has 9 nitrogen and oxygen atoms in total. The summed E-state index contributed by atoms with van der Waals surface area (Å²) in [7, 11) is 0. The average Bonchev–Trinajstić information content (AvgIpc) is 3.44. The van der Waals surface area contributed by atoms with Gasteiger partial charge in [-0.2, -0.15) is 5.10 Å². The van der Waals surface area contributed by atoms with Gasteiger partial charge in [0.2, 0.25) is 0 Å². The normalized spacial score (nSPS) is 10.8. The predicted octanol–water partition coefficient (Wildman–Crippen LogP) is 5.71. The first kappa shape index (κ1) is 23.3. The van der Waals surface area contributed by atoms with Crippen molar-refractivity contribution in [2.24, 2.45) is 0 Å². The average molecular weight is 505 g/mol. The SMILES string of the molecule is O=C(Nc1cnn(Cc2ccc(F)cc2Cl)c1)c1ccc(COc2cc([N+](=O)[O-])ccc2Cl)o1. The van der Waals surface area contributed by atoms with E-state index in [0.29, 0.717) is 17.0 Å². The number of nitrogens with one attached hydrogen (secondary N) is 1. The lowest BCUT2D eigenvalue weighted by atomic mass is 10.2. The molecule has 34 heavy (non-hydrogen) atoms. The van der Waals surface area contributed by atoms with Gasteiger partial charge in [0.25, 0.3) is 11.6 Å². The summed E-state index contributed by atoms with van der Waals surface area (Å²) in [5, 5.41) is 18.2. The van der Waals surface area contributed by atoms with Crippen LogP contribution >= 0.6 is 23.2 Å². The molecule has 0 aliphatic rings. The van der Waals surface area contributed by atoms with Crippen LogP contribution in [0.5, 0.6) is 5.75 Å². The fourth-order valence-corrected chi connectivity index (χ4v) is 3.37. The molecule has 0 atom stereocenters. The summed E-state index contributed by atoms with van der Waals surface area (Å²) in [6, 6.07) is 10.9. The molecule has 0 bridgehead atoms. The van der Waals surface area contributed by atoms with Gasteiger partial charge in [-0.3, -0.25) is 19.6 Å². The molecule has 4 rings (SSSR count). The van der Waals surface area contributed by atoms with Crippen molar-refractivity contribution in [2.75, 3.05) is 5.32 Å². The molecule has 0 radical (unpaired) electrons. The minimum Gasteiger partial charge on any atom is -0.484 e. The van der Waals surface area contributed by atoms with Crippen molar-refractivity contribution in [1.29, 1.82) is 0 Å². The molecule has 2 aromatic heterocycles. The van der Waals surface area contributed by atoms with E-state index in [1.807, 2.05) is 0 Å². The summed E-state index contributed by atoms with van der Waals surface area (Å²) in [6.07, 6.45) is 3.04. The van der Waals surface area contributed by atoms with Gasteiger partial charge in [0, 0.05) is 17.3 Å². The van der Waals surface area contributed by atoms with Gasteiger partial charge >= 0.3 is 0 Å². The van der Waals surface area contributed by atoms with Crippen LogP contribution in [0, 0.1) is 15.9 Å². The number of carbonyl (C=O) groups excluding carboxylic acids is 1. The van der Waals surface area contributed by atoms with Gasteiger partial charge < -0.3 is 14.5 Å². The number of rotatable bonds is 8. The number of aromatic nitrogens is 2. The number of amides is 1. The van der Waals surface area contributed by atoms with Crippen molar-refractivity contribution in [2.45, 2.75) is 13.2 Å². The maximum atomic E-state index is 13.2. The van der Waals surface area contributed by atoms with Crippen molar-refractivity contribution in [3.8, 4) is 5.75 Å².